The lowest BCUT2D eigenvalue weighted by atomic mass is 10.1. The van der Waals surface area contributed by atoms with Crippen LogP contribution in [0, 0.1) is 6.92 Å². The second-order valence-electron chi connectivity index (χ2n) is 6.40. The van der Waals surface area contributed by atoms with E-state index in [1.807, 2.05) is 68.4 Å². The Hall–Kier alpha value is -3.67. The van der Waals surface area contributed by atoms with Crippen LogP contribution in [-0.4, -0.2) is 23.5 Å². The van der Waals surface area contributed by atoms with Crippen molar-refractivity contribution in [3.8, 4) is 5.75 Å². The fourth-order valence-electron chi connectivity index (χ4n) is 2.72. The average molecular weight is 388 g/mol. The van der Waals surface area contributed by atoms with E-state index in [2.05, 4.69) is 20.6 Å². The van der Waals surface area contributed by atoms with Crippen molar-refractivity contribution in [3.63, 3.8) is 0 Å². The molecule has 0 radical (unpaired) electrons. The number of pyridine rings is 1. The predicted octanol–water partition coefficient (Wildman–Crippen LogP) is 4.19. The van der Waals surface area contributed by atoms with Crippen LogP contribution in [0.1, 0.15) is 28.4 Å². The van der Waals surface area contributed by atoms with E-state index in [0.29, 0.717) is 30.4 Å². The number of guanidine groups is 1. The van der Waals surface area contributed by atoms with Crippen molar-refractivity contribution in [2.75, 3.05) is 11.9 Å². The van der Waals surface area contributed by atoms with E-state index in [9.17, 15) is 4.79 Å². The van der Waals surface area contributed by atoms with Crippen molar-refractivity contribution in [2.24, 2.45) is 4.99 Å². The number of carbonyl (C=O) groups is 1. The van der Waals surface area contributed by atoms with E-state index >= 15 is 0 Å². The van der Waals surface area contributed by atoms with E-state index in [1.165, 1.54) is 0 Å². The lowest BCUT2D eigenvalue weighted by Crippen LogP contribution is -2.36. The number of benzene rings is 2. The molecule has 148 valence electrons. The number of nitrogens with zero attached hydrogens (tertiary/aromatic N) is 2. The van der Waals surface area contributed by atoms with Gasteiger partial charge >= 0.3 is 0 Å². The topological polar surface area (TPSA) is 75.6 Å². The second kappa shape index (κ2) is 10.0. The molecule has 0 saturated carbocycles. The van der Waals surface area contributed by atoms with Gasteiger partial charge in [0.1, 0.15) is 5.75 Å². The van der Waals surface area contributed by atoms with E-state index in [-0.39, 0.29) is 5.91 Å². The van der Waals surface area contributed by atoms with Crippen LogP contribution in [0.2, 0.25) is 0 Å². The van der Waals surface area contributed by atoms with E-state index in [0.717, 1.165) is 16.8 Å². The molecule has 6 heteroatoms. The van der Waals surface area contributed by atoms with Gasteiger partial charge in [-0.05, 0) is 49.7 Å². The number of anilines is 1. The fourth-order valence-corrected chi connectivity index (χ4v) is 2.72. The van der Waals surface area contributed by atoms with Crippen molar-refractivity contribution in [1.82, 2.24) is 10.3 Å². The SMILES string of the molecule is CCOc1ccccc1NC(=NCc1cccnc1)NC(=O)c1cccc(C)c1. The minimum absolute atomic E-state index is 0.236. The smallest absolute Gasteiger partial charge is 0.257 e. The number of aliphatic imine (C=N–C) groups is 1. The van der Waals surface area contributed by atoms with Crippen molar-refractivity contribution in [1.29, 1.82) is 0 Å². The number of para-hydroxylation sites is 2. The number of ether oxygens (including phenoxy) is 1. The number of nitrogens with one attached hydrogen (secondary N) is 2. The molecule has 29 heavy (non-hydrogen) atoms. The molecule has 1 heterocycles. The summed E-state index contributed by atoms with van der Waals surface area (Å²) in [5, 5.41) is 6.06. The van der Waals surface area contributed by atoms with Gasteiger partial charge in [-0.3, -0.25) is 15.1 Å². The third kappa shape index (κ3) is 5.90. The Labute approximate surface area is 170 Å². The number of amides is 1. The minimum atomic E-state index is -0.236. The Morgan fingerprint density at radius 1 is 1.10 bits per heavy atom. The van der Waals surface area contributed by atoms with E-state index in [1.54, 1.807) is 18.5 Å². The van der Waals surface area contributed by atoms with Crippen molar-refractivity contribution < 1.29 is 9.53 Å². The van der Waals surface area contributed by atoms with Gasteiger partial charge in [0.15, 0.2) is 0 Å². The lowest BCUT2D eigenvalue weighted by Gasteiger charge is -2.15. The molecule has 2 N–H and O–H groups in total. The molecule has 1 amide bonds. The zero-order valence-corrected chi connectivity index (χ0v) is 16.6. The van der Waals surface area contributed by atoms with Gasteiger partial charge in [0, 0.05) is 18.0 Å². The van der Waals surface area contributed by atoms with Crippen molar-refractivity contribution in [2.45, 2.75) is 20.4 Å². The molecule has 0 saturated heterocycles. The zero-order valence-electron chi connectivity index (χ0n) is 16.6. The molecule has 6 nitrogen and oxygen atoms in total. The molecule has 0 bridgehead atoms. The molecule has 1 aromatic heterocycles. The number of aryl methyl sites for hydroxylation is 1. The first-order valence-electron chi connectivity index (χ1n) is 9.46. The number of rotatable bonds is 6. The maximum atomic E-state index is 12.7. The normalized spacial score (nSPS) is 11.0. The van der Waals surface area contributed by atoms with Crippen LogP contribution in [0.5, 0.6) is 5.75 Å². The van der Waals surface area contributed by atoms with Crippen LogP contribution in [-0.2, 0) is 6.54 Å². The van der Waals surface area contributed by atoms with Gasteiger partial charge < -0.3 is 10.1 Å². The van der Waals surface area contributed by atoms with Gasteiger partial charge in [-0.1, -0.05) is 35.9 Å². The molecule has 0 atom stereocenters. The fraction of sp³-hybridized carbons (Fsp3) is 0.174. The number of hydrogen-bond donors (Lipinski definition) is 2. The van der Waals surface area contributed by atoms with E-state index in [4.69, 9.17) is 4.74 Å². The Morgan fingerprint density at radius 2 is 1.97 bits per heavy atom. The first kappa shape index (κ1) is 20.1. The molecule has 0 aliphatic rings. The van der Waals surface area contributed by atoms with Gasteiger partial charge in [-0.15, -0.1) is 0 Å². The van der Waals surface area contributed by atoms with Crippen LogP contribution in [0.4, 0.5) is 5.69 Å². The first-order chi connectivity index (χ1) is 14.2. The van der Waals surface area contributed by atoms with Crippen LogP contribution < -0.4 is 15.4 Å². The highest BCUT2D eigenvalue weighted by Crippen LogP contribution is 2.23. The molecule has 0 aliphatic heterocycles. The highest BCUT2D eigenvalue weighted by molar-refractivity contribution is 6.10. The maximum absolute atomic E-state index is 12.7. The molecule has 0 fully saturated rings. The van der Waals surface area contributed by atoms with Gasteiger partial charge in [0.2, 0.25) is 5.96 Å². The Kier molecular flexibility index (Phi) is 6.95. The number of hydrogen-bond acceptors (Lipinski definition) is 4. The molecule has 0 spiro atoms. The van der Waals surface area contributed by atoms with Gasteiger partial charge in [0.05, 0.1) is 18.8 Å². The minimum Gasteiger partial charge on any atom is -0.492 e. The highest BCUT2D eigenvalue weighted by atomic mass is 16.5. The summed E-state index contributed by atoms with van der Waals surface area (Å²) >= 11 is 0. The van der Waals surface area contributed by atoms with Crippen molar-refractivity contribution in [3.05, 3.63) is 89.7 Å². The molecule has 0 aliphatic carbocycles. The third-order valence-electron chi connectivity index (χ3n) is 4.09. The summed E-state index contributed by atoms with van der Waals surface area (Å²) in [6.07, 6.45) is 3.46. The zero-order chi connectivity index (χ0) is 20.5. The van der Waals surface area contributed by atoms with Crippen LogP contribution in [0.25, 0.3) is 0 Å². The molecule has 3 aromatic rings. The first-order valence-corrected chi connectivity index (χ1v) is 9.46. The Bertz CT molecular complexity index is 987. The largest absolute Gasteiger partial charge is 0.492 e. The molecule has 3 rings (SSSR count). The summed E-state index contributed by atoms with van der Waals surface area (Å²) in [7, 11) is 0. The molecule has 0 unspecified atom stereocenters. The van der Waals surface area contributed by atoms with Gasteiger partial charge in [-0.2, -0.15) is 0 Å². The maximum Gasteiger partial charge on any atom is 0.257 e. The highest BCUT2D eigenvalue weighted by Gasteiger charge is 2.11. The summed E-state index contributed by atoms with van der Waals surface area (Å²) in [4.78, 5) is 21.4. The van der Waals surface area contributed by atoms with Crippen LogP contribution >= 0.6 is 0 Å². The predicted molar refractivity (Wildman–Crippen MR) is 115 cm³/mol. The average Bonchev–Trinajstić information content (AvgIpc) is 2.74. The Balaban J connectivity index is 1.84. The molecular formula is C23H24N4O2. The van der Waals surface area contributed by atoms with E-state index < -0.39 is 0 Å². The summed E-state index contributed by atoms with van der Waals surface area (Å²) in [6, 6.07) is 18.7. The van der Waals surface area contributed by atoms with Crippen LogP contribution in [0.15, 0.2) is 78.0 Å². The summed E-state index contributed by atoms with van der Waals surface area (Å²) in [5.74, 6) is 0.793. The van der Waals surface area contributed by atoms with Crippen molar-refractivity contribution >= 4 is 17.6 Å². The summed E-state index contributed by atoms with van der Waals surface area (Å²) < 4.78 is 5.67. The second-order valence-corrected chi connectivity index (χ2v) is 6.40. The van der Waals surface area contributed by atoms with Gasteiger partial charge in [-0.25, -0.2) is 4.99 Å². The molecular weight excluding hydrogens is 364 g/mol. The quantitative estimate of drug-likeness (QED) is 0.490. The van der Waals surface area contributed by atoms with Crippen LogP contribution in [0.3, 0.4) is 0 Å². The standard InChI is InChI=1S/C23H24N4O2/c1-3-29-21-12-5-4-11-20(21)26-23(25-16-18-9-7-13-24-15-18)27-22(28)19-10-6-8-17(2)14-19/h4-15H,3,16H2,1-2H3,(H2,25,26,27,28). The lowest BCUT2D eigenvalue weighted by molar-refractivity contribution is 0.0976. The summed E-state index contributed by atoms with van der Waals surface area (Å²) in [5.41, 5.74) is 3.25. The Morgan fingerprint density at radius 3 is 2.72 bits per heavy atom. The number of aromatic nitrogens is 1. The third-order valence-corrected chi connectivity index (χ3v) is 4.09. The number of carbonyl (C=O) groups excluding carboxylic acids is 1. The summed E-state index contributed by atoms with van der Waals surface area (Å²) in [6.45, 7) is 4.79. The molecule has 2 aromatic carbocycles. The van der Waals surface area contributed by atoms with Gasteiger partial charge in [0.25, 0.3) is 5.91 Å². The monoisotopic (exact) mass is 388 g/mol.